The predicted octanol–water partition coefficient (Wildman–Crippen LogP) is 3.97. The van der Waals surface area contributed by atoms with E-state index in [1.807, 2.05) is 19.1 Å². The van der Waals surface area contributed by atoms with E-state index >= 15 is 0 Å². The Hall–Kier alpha value is -2.53. The van der Waals surface area contributed by atoms with E-state index in [1.165, 1.54) is 25.1 Å². The maximum atomic E-state index is 12.1. The molecule has 24 heavy (non-hydrogen) atoms. The number of hydrogen-bond donors (Lipinski definition) is 1. The molecular formula is C18H17ClO5. The smallest absolute Gasteiger partial charge is 0.352 e. The summed E-state index contributed by atoms with van der Waals surface area (Å²) in [6.45, 7) is 3.58. The van der Waals surface area contributed by atoms with E-state index in [-0.39, 0.29) is 16.3 Å². The molecule has 1 unspecified atom stereocenters. The van der Waals surface area contributed by atoms with Gasteiger partial charge in [0.1, 0.15) is 17.1 Å². The van der Waals surface area contributed by atoms with Gasteiger partial charge in [-0.2, -0.15) is 0 Å². The fraction of sp³-hybridized carbons (Fsp3) is 0.222. The highest BCUT2D eigenvalue weighted by atomic mass is 35.5. The highest BCUT2D eigenvalue weighted by Gasteiger charge is 2.21. The third kappa shape index (κ3) is 4.49. The zero-order valence-corrected chi connectivity index (χ0v) is 14.0. The molecule has 0 aromatic heterocycles. The van der Waals surface area contributed by atoms with Gasteiger partial charge in [-0.15, -0.1) is 0 Å². The summed E-state index contributed by atoms with van der Waals surface area (Å²) >= 11 is 5.76. The van der Waals surface area contributed by atoms with Gasteiger partial charge >= 0.3 is 11.9 Å². The first kappa shape index (κ1) is 17.8. The average molecular weight is 349 g/mol. The molecule has 2 rings (SSSR count). The fourth-order valence-electron chi connectivity index (χ4n) is 2.01. The molecule has 5 nitrogen and oxygen atoms in total. The summed E-state index contributed by atoms with van der Waals surface area (Å²) in [4.78, 5) is 23.3. The highest BCUT2D eigenvalue weighted by molar-refractivity contribution is 6.31. The third-order valence-corrected chi connectivity index (χ3v) is 3.59. The minimum Gasteiger partial charge on any atom is -0.479 e. The number of carboxylic acid groups (broad SMARTS) is 1. The molecule has 0 fully saturated rings. The summed E-state index contributed by atoms with van der Waals surface area (Å²) in [6, 6.07) is 11.4. The first-order valence-corrected chi connectivity index (χ1v) is 7.78. The number of esters is 1. The number of carbonyl (C=O) groups is 2. The first-order chi connectivity index (χ1) is 11.4. The molecule has 0 heterocycles. The minimum atomic E-state index is -1.23. The van der Waals surface area contributed by atoms with E-state index in [9.17, 15) is 9.59 Å². The van der Waals surface area contributed by atoms with Crippen molar-refractivity contribution in [3.8, 4) is 11.5 Å². The Morgan fingerprint density at radius 1 is 1.17 bits per heavy atom. The number of ether oxygens (including phenoxy) is 2. The number of carbonyl (C=O) groups excluding carboxylic acids is 1. The second kappa shape index (κ2) is 7.84. The molecule has 0 spiro atoms. The van der Waals surface area contributed by atoms with E-state index in [0.29, 0.717) is 5.75 Å². The topological polar surface area (TPSA) is 72.8 Å². The van der Waals surface area contributed by atoms with Gasteiger partial charge in [-0.05, 0) is 49.2 Å². The first-order valence-electron chi connectivity index (χ1n) is 7.40. The molecule has 0 bridgehead atoms. The number of halogens is 1. The van der Waals surface area contributed by atoms with Crippen LogP contribution in [0.25, 0.3) is 0 Å². The number of carboxylic acids is 1. The summed E-state index contributed by atoms with van der Waals surface area (Å²) in [5.74, 6) is -1.47. The molecule has 0 saturated carbocycles. The minimum absolute atomic E-state index is 0.0753. The molecular weight excluding hydrogens is 332 g/mol. The largest absolute Gasteiger partial charge is 0.479 e. The van der Waals surface area contributed by atoms with E-state index in [1.54, 1.807) is 12.1 Å². The normalized spacial score (nSPS) is 11.6. The van der Waals surface area contributed by atoms with Crippen LogP contribution in [0.2, 0.25) is 5.02 Å². The van der Waals surface area contributed by atoms with E-state index in [2.05, 4.69) is 0 Å². The molecule has 2 aromatic carbocycles. The van der Waals surface area contributed by atoms with Crippen LogP contribution >= 0.6 is 11.6 Å². The van der Waals surface area contributed by atoms with E-state index < -0.39 is 18.0 Å². The van der Waals surface area contributed by atoms with Crippen LogP contribution < -0.4 is 9.47 Å². The number of rotatable bonds is 6. The molecule has 2 aromatic rings. The van der Waals surface area contributed by atoms with Crippen molar-refractivity contribution in [3.05, 3.63) is 58.6 Å². The van der Waals surface area contributed by atoms with Gasteiger partial charge in [0, 0.05) is 5.02 Å². The van der Waals surface area contributed by atoms with Crippen LogP contribution in [0.1, 0.15) is 29.8 Å². The fourth-order valence-corrected chi connectivity index (χ4v) is 2.18. The molecule has 0 aliphatic heterocycles. The molecule has 6 heteroatoms. The van der Waals surface area contributed by atoms with Crippen molar-refractivity contribution in [2.75, 3.05) is 0 Å². The van der Waals surface area contributed by atoms with Crippen LogP contribution in [-0.2, 0) is 11.2 Å². The predicted molar refractivity (Wildman–Crippen MR) is 90.0 cm³/mol. The summed E-state index contributed by atoms with van der Waals surface area (Å²) < 4.78 is 10.7. The Morgan fingerprint density at radius 2 is 1.83 bits per heavy atom. The van der Waals surface area contributed by atoms with Crippen LogP contribution in [0, 0.1) is 0 Å². The number of benzene rings is 2. The van der Waals surface area contributed by atoms with Crippen LogP contribution in [-0.4, -0.2) is 23.1 Å². The highest BCUT2D eigenvalue weighted by Crippen LogP contribution is 2.24. The van der Waals surface area contributed by atoms with Crippen molar-refractivity contribution in [2.24, 2.45) is 0 Å². The Kier molecular flexibility index (Phi) is 5.82. The van der Waals surface area contributed by atoms with Gasteiger partial charge in [0.15, 0.2) is 6.10 Å². The van der Waals surface area contributed by atoms with Gasteiger partial charge in [-0.3, -0.25) is 0 Å². The second-order valence-corrected chi connectivity index (χ2v) is 5.56. The molecule has 1 N–H and O–H groups in total. The molecule has 126 valence electrons. The van der Waals surface area contributed by atoms with Crippen molar-refractivity contribution in [3.63, 3.8) is 0 Å². The molecule has 0 radical (unpaired) electrons. The zero-order chi connectivity index (χ0) is 17.7. The SMILES string of the molecule is CCc1ccc(OC(C)C(=O)Oc2ccc(Cl)cc2C(=O)O)cc1. The lowest BCUT2D eigenvalue weighted by molar-refractivity contribution is -0.141. The average Bonchev–Trinajstić information content (AvgIpc) is 2.56. The lowest BCUT2D eigenvalue weighted by Gasteiger charge is -2.15. The van der Waals surface area contributed by atoms with Crippen molar-refractivity contribution in [1.29, 1.82) is 0 Å². The van der Waals surface area contributed by atoms with E-state index in [4.69, 9.17) is 26.2 Å². The quantitative estimate of drug-likeness (QED) is 0.631. The summed E-state index contributed by atoms with van der Waals surface area (Å²) in [5, 5.41) is 9.39. The third-order valence-electron chi connectivity index (χ3n) is 3.36. The summed E-state index contributed by atoms with van der Waals surface area (Å²) in [5.41, 5.74) is 0.972. The van der Waals surface area contributed by atoms with Gasteiger partial charge in [0.2, 0.25) is 0 Å². The van der Waals surface area contributed by atoms with Crippen molar-refractivity contribution in [2.45, 2.75) is 26.4 Å². The van der Waals surface area contributed by atoms with Crippen LogP contribution in [0.15, 0.2) is 42.5 Å². The van der Waals surface area contributed by atoms with Crippen molar-refractivity contribution in [1.82, 2.24) is 0 Å². The van der Waals surface area contributed by atoms with Crippen molar-refractivity contribution >= 4 is 23.5 Å². The van der Waals surface area contributed by atoms with Gasteiger partial charge in [0.25, 0.3) is 0 Å². The van der Waals surface area contributed by atoms with Gasteiger partial charge in [0.05, 0.1) is 0 Å². The molecule has 0 aliphatic rings. The number of hydrogen-bond acceptors (Lipinski definition) is 4. The van der Waals surface area contributed by atoms with Gasteiger partial charge < -0.3 is 14.6 Å². The maximum Gasteiger partial charge on any atom is 0.352 e. The molecule has 1 atom stereocenters. The Bertz CT molecular complexity index is 740. The maximum absolute atomic E-state index is 12.1. The Morgan fingerprint density at radius 3 is 2.42 bits per heavy atom. The number of aryl methyl sites for hydroxylation is 1. The standard InChI is InChI=1S/C18H17ClO5/c1-3-12-4-7-14(8-5-12)23-11(2)18(22)24-16-9-6-13(19)10-15(16)17(20)21/h4-11H,3H2,1-2H3,(H,20,21). The Labute approximate surface area is 144 Å². The lowest BCUT2D eigenvalue weighted by Crippen LogP contribution is -2.29. The molecule has 0 amide bonds. The summed E-state index contributed by atoms with van der Waals surface area (Å²) in [7, 11) is 0. The monoisotopic (exact) mass is 348 g/mol. The van der Waals surface area contributed by atoms with E-state index in [0.717, 1.165) is 12.0 Å². The number of aromatic carboxylic acids is 1. The summed E-state index contributed by atoms with van der Waals surface area (Å²) in [6.07, 6.45) is 0.0154. The van der Waals surface area contributed by atoms with Crippen LogP contribution in [0.4, 0.5) is 0 Å². The van der Waals surface area contributed by atoms with Crippen LogP contribution in [0.3, 0.4) is 0 Å². The zero-order valence-electron chi connectivity index (χ0n) is 13.3. The molecule has 0 saturated heterocycles. The molecule has 0 aliphatic carbocycles. The van der Waals surface area contributed by atoms with Crippen LogP contribution in [0.5, 0.6) is 11.5 Å². The Balaban J connectivity index is 2.07. The van der Waals surface area contributed by atoms with Gasteiger partial charge in [-0.1, -0.05) is 30.7 Å². The lowest BCUT2D eigenvalue weighted by atomic mass is 10.2. The second-order valence-electron chi connectivity index (χ2n) is 5.12. The van der Waals surface area contributed by atoms with Crippen molar-refractivity contribution < 1.29 is 24.2 Å². The van der Waals surface area contributed by atoms with Gasteiger partial charge in [-0.25, -0.2) is 9.59 Å².